The van der Waals surface area contributed by atoms with E-state index in [9.17, 15) is 4.79 Å². The van der Waals surface area contributed by atoms with Crippen LogP contribution in [0.25, 0.3) is 22.0 Å². The number of nitrogens with one attached hydrogen (secondary N) is 2. The third-order valence-corrected chi connectivity index (χ3v) is 6.82. The number of rotatable bonds is 7. The van der Waals surface area contributed by atoms with Gasteiger partial charge in [-0.05, 0) is 38.4 Å². The van der Waals surface area contributed by atoms with Crippen molar-refractivity contribution in [1.82, 2.24) is 29.7 Å². The molecule has 0 bridgehead atoms. The quantitative estimate of drug-likeness (QED) is 0.472. The van der Waals surface area contributed by atoms with Gasteiger partial charge in [0.25, 0.3) is 0 Å². The van der Waals surface area contributed by atoms with Crippen LogP contribution in [0.1, 0.15) is 48.7 Å². The lowest BCUT2D eigenvalue weighted by Gasteiger charge is -2.24. The van der Waals surface area contributed by atoms with Crippen molar-refractivity contribution >= 4 is 17.2 Å². The highest BCUT2D eigenvalue weighted by molar-refractivity contribution is 7.15. The molecular formula is C22H32N8OS. The summed E-state index contributed by atoms with van der Waals surface area (Å²) in [5.41, 5.74) is 4.68. The molecule has 1 amide bonds. The van der Waals surface area contributed by atoms with Crippen molar-refractivity contribution < 1.29 is 4.79 Å². The molecule has 0 spiro atoms. The first kappa shape index (κ1) is 23.7. The minimum absolute atomic E-state index is 0.0542. The number of thiazole rings is 1. The molecule has 9 nitrogen and oxygen atoms in total. The molecule has 0 fully saturated rings. The van der Waals surface area contributed by atoms with Gasteiger partial charge in [0.05, 0.1) is 17.9 Å². The van der Waals surface area contributed by atoms with Crippen LogP contribution in [-0.2, 0) is 4.79 Å². The van der Waals surface area contributed by atoms with Gasteiger partial charge < -0.3 is 10.7 Å². The molecule has 4 N–H and O–H groups in total. The Bertz CT molecular complexity index is 1150. The molecule has 32 heavy (non-hydrogen) atoms. The molecule has 3 aromatic rings. The number of carbonyl (C=O) groups excluding carboxylic acids is 1. The molecule has 0 aliphatic rings. The van der Waals surface area contributed by atoms with Gasteiger partial charge in [-0.3, -0.25) is 24.9 Å². The summed E-state index contributed by atoms with van der Waals surface area (Å²) < 4.78 is 1.32. The summed E-state index contributed by atoms with van der Waals surface area (Å²) in [7, 11) is 5.47. The van der Waals surface area contributed by atoms with Crippen LogP contribution in [0.4, 0.5) is 0 Å². The first-order valence-corrected chi connectivity index (χ1v) is 11.3. The van der Waals surface area contributed by atoms with Crippen LogP contribution in [-0.4, -0.2) is 63.3 Å². The summed E-state index contributed by atoms with van der Waals surface area (Å²) in [6.45, 7) is 8.53. The molecule has 0 aliphatic heterocycles. The fraction of sp³-hybridized carbons (Fsp3) is 0.455. The average molecular weight is 457 g/mol. The van der Waals surface area contributed by atoms with Crippen molar-refractivity contribution in [2.75, 3.05) is 33.5 Å². The molecule has 0 aromatic carbocycles. The molecule has 3 aromatic heterocycles. The number of pyridine rings is 1. The Hall–Kier alpha value is -2.98. The van der Waals surface area contributed by atoms with E-state index in [-0.39, 0.29) is 23.4 Å². The lowest BCUT2D eigenvalue weighted by molar-refractivity contribution is -0.130. The summed E-state index contributed by atoms with van der Waals surface area (Å²) in [5, 5.41) is 16.6. The van der Waals surface area contributed by atoms with Crippen LogP contribution in [0.5, 0.6) is 0 Å². The molecule has 1 unspecified atom stereocenters. The van der Waals surface area contributed by atoms with Crippen LogP contribution in [0.2, 0.25) is 0 Å². The summed E-state index contributed by atoms with van der Waals surface area (Å²) in [6, 6.07) is 1.99. The van der Waals surface area contributed by atoms with E-state index in [2.05, 4.69) is 36.0 Å². The monoisotopic (exact) mass is 456 g/mol. The maximum absolute atomic E-state index is 12.1. The number of nitrogens with two attached hydrogens (primary N) is 1. The van der Waals surface area contributed by atoms with Crippen LogP contribution < -0.4 is 11.3 Å². The zero-order valence-corrected chi connectivity index (χ0v) is 20.5. The summed E-state index contributed by atoms with van der Waals surface area (Å²) in [6.07, 6.45) is 3.60. The maximum atomic E-state index is 12.1. The van der Waals surface area contributed by atoms with E-state index in [1.165, 1.54) is 4.68 Å². The highest BCUT2D eigenvalue weighted by Gasteiger charge is 2.24. The van der Waals surface area contributed by atoms with Gasteiger partial charge in [0.1, 0.15) is 10.5 Å². The maximum Gasteiger partial charge on any atom is 0.236 e. The van der Waals surface area contributed by atoms with Crippen LogP contribution in [0.3, 0.4) is 0 Å². The summed E-state index contributed by atoms with van der Waals surface area (Å²) in [5.74, 6) is 6.24. The number of nitrogen functional groups attached to an aromatic ring is 1. The fourth-order valence-corrected chi connectivity index (χ4v) is 4.53. The molecular weight excluding hydrogens is 424 g/mol. The van der Waals surface area contributed by atoms with E-state index < -0.39 is 0 Å². The number of aromatic nitrogens is 4. The zero-order chi connectivity index (χ0) is 23.7. The van der Waals surface area contributed by atoms with Gasteiger partial charge in [0.2, 0.25) is 5.91 Å². The van der Waals surface area contributed by atoms with Crippen molar-refractivity contribution in [3.8, 4) is 22.0 Å². The number of amides is 1. The second-order valence-electron chi connectivity index (χ2n) is 8.63. The Labute approximate surface area is 192 Å². The Morgan fingerprint density at radius 1 is 1.31 bits per heavy atom. The van der Waals surface area contributed by atoms with Gasteiger partial charge in [-0.15, -0.1) is 11.3 Å². The Balaban J connectivity index is 1.96. The van der Waals surface area contributed by atoms with Crippen molar-refractivity contribution in [1.29, 1.82) is 5.41 Å². The molecule has 3 rings (SSSR count). The van der Waals surface area contributed by atoms with Gasteiger partial charge >= 0.3 is 0 Å². The number of nitrogens with zero attached hydrogens (tertiary/aromatic N) is 5. The Morgan fingerprint density at radius 3 is 2.59 bits per heavy atom. The first-order chi connectivity index (χ1) is 15.0. The number of aryl methyl sites for hydroxylation is 1. The normalized spacial score (nSPS) is 12.5. The summed E-state index contributed by atoms with van der Waals surface area (Å²) in [4.78, 5) is 21.4. The van der Waals surface area contributed by atoms with Crippen molar-refractivity contribution in [3.63, 3.8) is 0 Å². The van der Waals surface area contributed by atoms with Crippen molar-refractivity contribution in [2.24, 2.45) is 0 Å². The van der Waals surface area contributed by atoms with Crippen molar-refractivity contribution in [2.45, 2.75) is 39.7 Å². The number of aromatic amines is 1. The van der Waals surface area contributed by atoms with Crippen LogP contribution in [0, 0.1) is 12.3 Å². The van der Waals surface area contributed by atoms with E-state index in [1.807, 2.05) is 31.1 Å². The summed E-state index contributed by atoms with van der Waals surface area (Å²) >= 11 is 1.60. The lowest BCUT2D eigenvalue weighted by atomic mass is 9.97. The van der Waals surface area contributed by atoms with Gasteiger partial charge in [-0.25, -0.2) is 4.98 Å². The van der Waals surface area contributed by atoms with Gasteiger partial charge in [0, 0.05) is 48.5 Å². The molecule has 0 aliphatic carbocycles. The second kappa shape index (κ2) is 9.25. The third kappa shape index (κ3) is 4.61. The highest BCUT2D eigenvalue weighted by atomic mass is 32.1. The Kier molecular flexibility index (Phi) is 6.85. The molecule has 0 radical (unpaired) electrons. The fourth-order valence-electron chi connectivity index (χ4n) is 3.49. The third-order valence-electron chi connectivity index (χ3n) is 5.63. The zero-order valence-electron chi connectivity index (χ0n) is 19.7. The molecule has 172 valence electrons. The largest absolute Gasteiger partial charge is 0.348 e. The SMILES string of the molecule is Cc1cc(-c2n[nH]c(-c3ncc(C(C)N(C)CC(=O)N(C)C)s3)c2C(C)C)cn(N)c1=N. The van der Waals surface area contributed by atoms with Crippen LogP contribution in [0.15, 0.2) is 18.5 Å². The standard InChI is InChI=1S/C22H32N8OS/c1-12(2)18-19(15-8-13(3)21(23)30(24)10-15)26-27-20(18)22-25-9-16(32-22)14(4)29(7)11-17(31)28(5)6/h8-10,12,14,23H,11,24H2,1-7H3,(H,26,27). The Morgan fingerprint density at radius 2 is 2.00 bits per heavy atom. The minimum Gasteiger partial charge on any atom is -0.348 e. The minimum atomic E-state index is 0.0542. The predicted molar refractivity (Wildman–Crippen MR) is 128 cm³/mol. The smallest absolute Gasteiger partial charge is 0.236 e. The van der Waals surface area contributed by atoms with Gasteiger partial charge in [0.15, 0.2) is 0 Å². The number of hydrogen-bond donors (Lipinski definition) is 3. The van der Waals surface area contributed by atoms with Crippen LogP contribution >= 0.6 is 11.3 Å². The molecule has 1 atom stereocenters. The van der Waals surface area contributed by atoms with E-state index in [0.717, 1.165) is 38.0 Å². The predicted octanol–water partition coefficient (Wildman–Crippen LogP) is 2.71. The molecule has 0 saturated carbocycles. The van der Waals surface area contributed by atoms with E-state index >= 15 is 0 Å². The van der Waals surface area contributed by atoms with Crippen molar-refractivity contribution in [3.05, 3.63) is 40.0 Å². The molecule has 10 heteroatoms. The van der Waals surface area contributed by atoms with E-state index in [4.69, 9.17) is 11.3 Å². The second-order valence-corrected chi connectivity index (χ2v) is 9.69. The number of likely N-dealkylation sites (N-methyl/N-ethyl adjacent to an activating group) is 2. The number of hydrogen-bond acceptors (Lipinski definition) is 7. The molecule has 0 saturated heterocycles. The van der Waals surface area contributed by atoms with Gasteiger partial charge in [-0.1, -0.05) is 13.8 Å². The highest BCUT2D eigenvalue weighted by Crippen LogP contribution is 2.38. The van der Waals surface area contributed by atoms with Gasteiger partial charge in [-0.2, -0.15) is 5.10 Å². The molecule has 3 heterocycles. The first-order valence-electron chi connectivity index (χ1n) is 10.5. The lowest BCUT2D eigenvalue weighted by Crippen LogP contribution is -2.35. The topological polar surface area (TPSA) is 120 Å². The number of H-pyrrole nitrogens is 1. The van der Waals surface area contributed by atoms with E-state index in [1.54, 1.807) is 36.5 Å². The average Bonchev–Trinajstić information content (AvgIpc) is 3.37. The van der Waals surface area contributed by atoms with E-state index in [0.29, 0.717) is 6.54 Å². The number of carbonyl (C=O) groups is 1.